The number of imidazole rings is 1. The Morgan fingerprint density at radius 3 is 2.29 bits per heavy atom. The van der Waals surface area contributed by atoms with Crippen molar-refractivity contribution in [3.63, 3.8) is 0 Å². The molecule has 0 amide bonds. The molecule has 4 rings (SSSR count). The van der Waals surface area contributed by atoms with E-state index in [1.54, 1.807) is 16.7 Å². The van der Waals surface area contributed by atoms with E-state index in [0.717, 1.165) is 11.8 Å². The van der Waals surface area contributed by atoms with Gasteiger partial charge in [-0.25, -0.2) is 30.5 Å². The summed E-state index contributed by atoms with van der Waals surface area (Å²) in [5, 5.41) is 0.308. The highest BCUT2D eigenvalue weighted by Gasteiger charge is 2.35. The molecule has 0 saturated carbocycles. The van der Waals surface area contributed by atoms with Gasteiger partial charge in [0, 0.05) is 24.2 Å². The fourth-order valence-electron chi connectivity index (χ4n) is 4.82. The van der Waals surface area contributed by atoms with Gasteiger partial charge >= 0.3 is 0 Å². The van der Waals surface area contributed by atoms with E-state index in [1.807, 2.05) is 19.9 Å². The highest BCUT2D eigenvalue weighted by Crippen LogP contribution is 2.38. The van der Waals surface area contributed by atoms with E-state index in [-0.39, 0.29) is 29.9 Å². The van der Waals surface area contributed by atoms with Gasteiger partial charge < -0.3 is 4.74 Å². The van der Waals surface area contributed by atoms with Crippen LogP contribution in [0.15, 0.2) is 53.8 Å². The third kappa shape index (κ3) is 5.75. The van der Waals surface area contributed by atoms with E-state index in [4.69, 9.17) is 16.3 Å². The zero-order valence-corrected chi connectivity index (χ0v) is 24.1. The van der Waals surface area contributed by atoms with E-state index in [1.165, 1.54) is 41.9 Å². The average Bonchev–Trinajstić information content (AvgIpc) is 3.31. The molecule has 1 fully saturated rings. The predicted molar refractivity (Wildman–Crippen MR) is 145 cm³/mol. The molecule has 2 heterocycles. The summed E-state index contributed by atoms with van der Waals surface area (Å²) in [7, 11) is -5.70. The number of sulfonamides is 1. The van der Waals surface area contributed by atoms with Crippen molar-refractivity contribution in [2.45, 2.75) is 37.3 Å². The van der Waals surface area contributed by atoms with Gasteiger partial charge in [0.2, 0.25) is 25.0 Å². The summed E-state index contributed by atoms with van der Waals surface area (Å²) in [6, 6.07) is 10.9. The van der Waals surface area contributed by atoms with Crippen molar-refractivity contribution in [2.24, 2.45) is 5.92 Å². The number of nitrogens with zero attached hydrogens (tertiary/aromatic N) is 3. The summed E-state index contributed by atoms with van der Waals surface area (Å²) < 4.78 is 73.3. The number of hydrogen-bond donors (Lipinski definition) is 0. The van der Waals surface area contributed by atoms with Crippen molar-refractivity contribution in [2.75, 3.05) is 32.2 Å². The van der Waals surface area contributed by atoms with E-state index in [9.17, 15) is 21.2 Å². The second kappa shape index (κ2) is 10.6. The lowest BCUT2D eigenvalue weighted by Crippen LogP contribution is -2.39. The summed E-state index contributed by atoms with van der Waals surface area (Å²) in [6.07, 6.45) is 3.56. The van der Waals surface area contributed by atoms with Crippen LogP contribution in [0.2, 0.25) is 5.02 Å². The van der Waals surface area contributed by atoms with Crippen LogP contribution in [0.3, 0.4) is 0 Å². The van der Waals surface area contributed by atoms with E-state index < -0.39 is 31.1 Å². The minimum Gasteiger partial charge on any atom is -0.495 e. The maximum atomic E-state index is 13.8. The molecule has 8 nitrogen and oxygen atoms in total. The second-order valence-corrected chi connectivity index (χ2v) is 14.4. The van der Waals surface area contributed by atoms with Crippen LogP contribution in [0.1, 0.15) is 37.9 Å². The van der Waals surface area contributed by atoms with Gasteiger partial charge in [-0.05, 0) is 60.7 Å². The van der Waals surface area contributed by atoms with Gasteiger partial charge in [-0.1, -0.05) is 31.5 Å². The summed E-state index contributed by atoms with van der Waals surface area (Å²) in [6.45, 7) is 4.43. The Bertz CT molecular complexity index is 1530. The first kappa shape index (κ1) is 28.5. The van der Waals surface area contributed by atoms with E-state index in [2.05, 4.69) is 4.98 Å². The molecule has 38 heavy (non-hydrogen) atoms. The van der Waals surface area contributed by atoms with Crippen LogP contribution in [-0.2, 0) is 25.3 Å². The number of hydrogen-bond acceptors (Lipinski definition) is 6. The fraction of sp³-hybridized carbons (Fsp3) is 0.423. The van der Waals surface area contributed by atoms with Gasteiger partial charge in [-0.15, -0.1) is 0 Å². The maximum absolute atomic E-state index is 13.8. The number of piperidine rings is 1. The second-order valence-electron chi connectivity index (χ2n) is 10.1. The Balaban J connectivity index is 1.76. The molecule has 206 valence electrons. The summed E-state index contributed by atoms with van der Waals surface area (Å²) in [4.78, 5) is 4.38. The van der Waals surface area contributed by atoms with Crippen LogP contribution in [0.25, 0.3) is 5.69 Å². The van der Waals surface area contributed by atoms with E-state index >= 15 is 0 Å². The van der Waals surface area contributed by atoms with Crippen LogP contribution in [-0.4, -0.2) is 62.9 Å². The Morgan fingerprint density at radius 2 is 1.71 bits per heavy atom. The number of sulfone groups is 1. The lowest BCUT2D eigenvalue weighted by Gasteiger charge is -2.30. The first-order valence-electron chi connectivity index (χ1n) is 12.1. The molecular weight excluding hydrogens is 553 g/mol. The Labute approximate surface area is 228 Å². The lowest BCUT2D eigenvalue weighted by molar-refractivity contribution is 0.290. The molecule has 0 unspecified atom stereocenters. The van der Waals surface area contributed by atoms with Crippen molar-refractivity contribution < 1.29 is 26.0 Å². The normalized spacial score (nSPS) is 16.1. The van der Waals surface area contributed by atoms with Crippen LogP contribution >= 0.6 is 11.6 Å². The Morgan fingerprint density at radius 1 is 1.08 bits per heavy atom. The first-order valence-corrected chi connectivity index (χ1v) is 16.0. The lowest BCUT2D eigenvalue weighted by atomic mass is 9.81. The van der Waals surface area contributed by atoms with Crippen molar-refractivity contribution in [3.05, 3.63) is 70.8 Å². The van der Waals surface area contributed by atoms with Crippen molar-refractivity contribution in [1.29, 1.82) is 0 Å². The molecule has 1 aliphatic heterocycles. The van der Waals surface area contributed by atoms with Gasteiger partial charge in [0.15, 0.2) is 0 Å². The monoisotopic (exact) mass is 583 g/mol. The molecular formula is C26H31ClFN3O5S2. The molecule has 2 aromatic carbocycles. The quantitative estimate of drug-likeness (QED) is 0.389. The zero-order chi connectivity index (χ0) is 27.9. The number of rotatable bonds is 8. The molecule has 1 aromatic heterocycles. The Kier molecular flexibility index (Phi) is 7.96. The molecule has 12 heteroatoms. The van der Waals surface area contributed by atoms with Crippen LogP contribution in [0.4, 0.5) is 4.39 Å². The maximum Gasteiger partial charge on any atom is 0.232 e. The highest BCUT2D eigenvalue weighted by molar-refractivity contribution is 7.91. The van der Waals surface area contributed by atoms with Gasteiger partial charge in [-0.2, -0.15) is 0 Å². The molecule has 0 N–H and O–H groups in total. The number of halogens is 2. The van der Waals surface area contributed by atoms with Gasteiger partial charge in [-0.3, -0.25) is 4.57 Å². The third-order valence-electron chi connectivity index (χ3n) is 7.10. The minimum absolute atomic E-state index is 0.140. The minimum atomic E-state index is -3.90. The summed E-state index contributed by atoms with van der Waals surface area (Å²) in [5.41, 5.74) is 1.12. The van der Waals surface area contributed by atoms with Crippen molar-refractivity contribution in [1.82, 2.24) is 13.9 Å². The number of aromatic nitrogens is 2. The summed E-state index contributed by atoms with van der Waals surface area (Å²) >= 11 is 6.23. The predicted octanol–water partition coefficient (Wildman–Crippen LogP) is 4.44. The SMILES string of the molecule is COc1cc(C(C)(C)c2cnc(S(=O)(=O)CC3CCN(S(C)(=O)=O)CC3)n2-c2ccc(F)cc2)ccc1Cl. The van der Waals surface area contributed by atoms with Crippen molar-refractivity contribution in [3.8, 4) is 11.4 Å². The average molecular weight is 584 g/mol. The molecule has 0 spiro atoms. The molecule has 0 radical (unpaired) electrons. The van der Waals surface area contributed by atoms with Gasteiger partial charge in [0.25, 0.3) is 0 Å². The molecule has 1 saturated heterocycles. The summed E-state index contributed by atoms with van der Waals surface area (Å²) in [5.74, 6) is -0.344. The number of methoxy groups -OCH3 is 1. The van der Waals surface area contributed by atoms with E-state index in [0.29, 0.717) is 35.0 Å². The van der Waals surface area contributed by atoms with Gasteiger partial charge in [0.1, 0.15) is 11.6 Å². The number of benzene rings is 2. The van der Waals surface area contributed by atoms with Gasteiger partial charge in [0.05, 0.1) is 36.0 Å². The molecule has 0 atom stereocenters. The number of ether oxygens (including phenoxy) is 1. The third-order valence-corrected chi connectivity index (χ3v) is 10.5. The molecule has 0 aliphatic carbocycles. The largest absolute Gasteiger partial charge is 0.495 e. The van der Waals surface area contributed by atoms with Crippen LogP contribution < -0.4 is 4.74 Å². The smallest absolute Gasteiger partial charge is 0.232 e. The zero-order valence-electron chi connectivity index (χ0n) is 21.7. The molecule has 1 aliphatic rings. The van der Waals surface area contributed by atoms with Crippen LogP contribution in [0, 0.1) is 11.7 Å². The topological polar surface area (TPSA) is 98.6 Å². The Hall–Kier alpha value is -2.47. The molecule has 3 aromatic rings. The van der Waals surface area contributed by atoms with Crippen molar-refractivity contribution >= 4 is 31.5 Å². The fourth-order valence-corrected chi connectivity index (χ4v) is 7.69. The standard InChI is InChI=1S/C26H31ClFN3O5S2/c1-26(2,19-5-10-22(27)23(15-19)36-3)24-16-29-25(31(24)21-8-6-20(28)7-9-21)38(34,35)17-18-11-13-30(14-12-18)37(4,32)33/h5-10,15-16,18H,11-14,17H2,1-4H3. The highest BCUT2D eigenvalue weighted by atomic mass is 35.5. The molecule has 0 bridgehead atoms. The first-order chi connectivity index (χ1) is 17.7. The van der Waals surface area contributed by atoms with Crippen LogP contribution in [0.5, 0.6) is 5.75 Å².